The number of aliphatic hydroxyl groups is 1. The molecule has 2 aromatic rings. The summed E-state index contributed by atoms with van der Waals surface area (Å²) >= 11 is 1.19. The Labute approximate surface area is 213 Å². The van der Waals surface area contributed by atoms with Crippen LogP contribution in [0.3, 0.4) is 0 Å². The summed E-state index contributed by atoms with van der Waals surface area (Å²) in [5.41, 5.74) is 3.42. The molecule has 0 saturated carbocycles. The summed E-state index contributed by atoms with van der Waals surface area (Å²) in [7, 11) is 0. The molecule has 1 N–H and O–H groups in total. The van der Waals surface area contributed by atoms with Crippen LogP contribution >= 0.6 is 11.3 Å². The number of aryl methyl sites for hydroxylation is 1. The Balaban J connectivity index is 2.26. The van der Waals surface area contributed by atoms with Crippen LogP contribution in [0.25, 0.3) is 0 Å². The molecule has 0 spiro atoms. The summed E-state index contributed by atoms with van der Waals surface area (Å²) < 4.78 is 5.98. The number of ether oxygens (including phenoxy) is 1. The van der Waals surface area contributed by atoms with E-state index in [9.17, 15) is 15.6 Å². The maximum Gasteiger partial charge on any atom is 0.158 e. The lowest BCUT2D eigenvalue weighted by Crippen LogP contribution is -2.42. The summed E-state index contributed by atoms with van der Waals surface area (Å²) in [6.07, 6.45) is 4.18. The molecule has 1 unspecified atom stereocenters. The van der Waals surface area contributed by atoms with Gasteiger partial charge < -0.3 is 14.7 Å². The first-order valence-electron chi connectivity index (χ1n) is 12.1. The molecular formula is C27H37N5O2S. The number of nitrogens with zero attached hydrogens (tertiary/aromatic N) is 5. The van der Waals surface area contributed by atoms with Crippen molar-refractivity contribution in [1.82, 2.24) is 0 Å². The normalized spacial score (nSPS) is 12.5. The molecular weight excluding hydrogens is 458 g/mol. The number of thiophene rings is 1. The van der Waals surface area contributed by atoms with Gasteiger partial charge in [-0.2, -0.15) is 10.5 Å². The Bertz CT molecular complexity index is 1090. The molecule has 0 bridgehead atoms. The molecule has 1 aromatic carbocycles. The van der Waals surface area contributed by atoms with Gasteiger partial charge in [-0.3, -0.25) is 0 Å². The minimum absolute atomic E-state index is 0.301. The molecule has 1 aromatic heterocycles. The number of hydrogen-bond acceptors (Lipinski definition) is 8. The summed E-state index contributed by atoms with van der Waals surface area (Å²) in [4.78, 5) is 2.82. The first-order valence-corrected chi connectivity index (χ1v) is 13.0. The van der Waals surface area contributed by atoms with Crippen molar-refractivity contribution >= 4 is 27.7 Å². The first kappa shape index (κ1) is 28.5. The molecule has 0 aliphatic carbocycles. The van der Waals surface area contributed by atoms with Crippen LogP contribution in [0.5, 0.6) is 0 Å². The van der Waals surface area contributed by atoms with E-state index in [1.165, 1.54) is 30.6 Å². The average molecular weight is 496 g/mol. The molecule has 0 aliphatic heterocycles. The van der Waals surface area contributed by atoms with E-state index in [0.717, 1.165) is 29.9 Å². The molecule has 0 saturated heterocycles. The Morgan fingerprint density at radius 3 is 2.49 bits per heavy atom. The van der Waals surface area contributed by atoms with Crippen molar-refractivity contribution in [1.29, 1.82) is 10.5 Å². The smallest absolute Gasteiger partial charge is 0.158 e. The zero-order valence-electron chi connectivity index (χ0n) is 21.8. The summed E-state index contributed by atoms with van der Waals surface area (Å²) in [5, 5.41) is 37.5. The van der Waals surface area contributed by atoms with Crippen LogP contribution in [0.1, 0.15) is 74.9 Å². The monoisotopic (exact) mass is 495 g/mol. The highest BCUT2D eigenvalue weighted by Crippen LogP contribution is 2.36. The second-order valence-corrected chi connectivity index (χ2v) is 10.5. The van der Waals surface area contributed by atoms with E-state index >= 15 is 0 Å². The lowest BCUT2D eigenvalue weighted by molar-refractivity contribution is -0.0499. The van der Waals surface area contributed by atoms with Gasteiger partial charge in [-0.1, -0.05) is 26.2 Å². The van der Waals surface area contributed by atoms with E-state index in [4.69, 9.17) is 4.74 Å². The number of anilines is 1. The second-order valence-electron chi connectivity index (χ2n) is 9.53. The highest BCUT2D eigenvalue weighted by molar-refractivity contribution is 7.16. The fourth-order valence-corrected chi connectivity index (χ4v) is 4.61. The highest BCUT2D eigenvalue weighted by atomic mass is 32.1. The third-order valence-corrected chi connectivity index (χ3v) is 6.78. The van der Waals surface area contributed by atoms with E-state index in [1.54, 1.807) is 13.8 Å². The molecule has 0 aliphatic rings. The van der Waals surface area contributed by atoms with E-state index < -0.39 is 11.7 Å². The molecule has 1 heterocycles. The number of azo groups is 1. The lowest BCUT2D eigenvalue weighted by atomic mass is 10.1. The van der Waals surface area contributed by atoms with Crippen molar-refractivity contribution in [2.45, 2.75) is 78.9 Å². The molecule has 35 heavy (non-hydrogen) atoms. The maximum absolute atomic E-state index is 9.64. The van der Waals surface area contributed by atoms with Gasteiger partial charge in [0, 0.05) is 18.8 Å². The van der Waals surface area contributed by atoms with Crippen molar-refractivity contribution < 1.29 is 9.84 Å². The van der Waals surface area contributed by atoms with Gasteiger partial charge in [0.15, 0.2) is 5.00 Å². The van der Waals surface area contributed by atoms with Crippen molar-refractivity contribution in [3.63, 3.8) is 0 Å². The minimum Gasteiger partial charge on any atom is -0.391 e. The molecule has 0 fully saturated rings. The van der Waals surface area contributed by atoms with Gasteiger partial charge in [-0.25, -0.2) is 0 Å². The zero-order chi connectivity index (χ0) is 26.0. The largest absolute Gasteiger partial charge is 0.391 e. The lowest BCUT2D eigenvalue weighted by Gasteiger charge is -2.35. The number of benzene rings is 1. The molecule has 0 amide bonds. The van der Waals surface area contributed by atoms with Gasteiger partial charge in [0.05, 0.1) is 29.6 Å². The van der Waals surface area contributed by atoms with E-state index in [2.05, 4.69) is 54.1 Å². The van der Waals surface area contributed by atoms with Crippen LogP contribution in [0, 0.1) is 36.5 Å². The van der Waals surface area contributed by atoms with Crippen LogP contribution < -0.4 is 4.90 Å². The van der Waals surface area contributed by atoms with Gasteiger partial charge in [-0.05, 0) is 70.4 Å². The van der Waals surface area contributed by atoms with Crippen molar-refractivity contribution in [2.75, 3.05) is 24.6 Å². The van der Waals surface area contributed by atoms with Crippen LogP contribution in [0.4, 0.5) is 16.4 Å². The van der Waals surface area contributed by atoms with Gasteiger partial charge in [0.2, 0.25) is 0 Å². The molecule has 0 radical (unpaired) electrons. The third kappa shape index (κ3) is 8.43. The Hall–Kier alpha value is -2.78. The highest BCUT2D eigenvalue weighted by Gasteiger charge is 2.24. The molecule has 8 heteroatoms. The Morgan fingerprint density at radius 1 is 1.14 bits per heavy atom. The number of nitriles is 2. The molecule has 1 atom stereocenters. The SMILES string of the molecule is CCCCCCN(CC(C)(C)OCC(C)O)c1ccc(N=Nc2sc(C#N)c(C)c2C#N)c(C)c1. The second kappa shape index (κ2) is 13.3. The van der Waals surface area contributed by atoms with Gasteiger partial charge in [0.1, 0.15) is 17.0 Å². The summed E-state index contributed by atoms with van der Waals surface area (Å²) in [5.74, 6) is 0. The Kier molecular flexibility index (Phi) is 10.9. The van der Waals surface area contributed by atoms with Crippen molar-refractivity contribution in [3.8, 4) is 12.1 Å². The van der Waals surface area contributed by atoms with E-state index in [1.807, 2.05) is 19.1 Å². The quantitative estimate of drug-likeness (QED) is 0.236. The predicted octanol–water partition coefficient (Wildman–Crippen LogP) is 7.09. The average Bonchev–Trinajstić information content (AvgIpc) is 3.13. The van der Waals surface area contributed by atoms with Crippen molar-refractivity contribution in [3.05, 3.63) is 39.8 Å². The van der Waals surface area contributed by atoms with Gasteiger partial charge in [-0.15, -0.1) is 21.6 Å². The number of aliphatic hydroxyl groups excluding tert-OH is 1. The molecule has 7 nitrogen and oxygen atoms in total. The van der Waals surface area contributed by atoms with E-state index in [0.29, 0.717) is 34.2 Å². The minimum atomic E-state index is -0.503. The molecule has 2 rings (SSSR count). The van der Waals surface area contributed by atoms with Crippen molar-refractivity contribution in [2.24, 2.45) is 10.2 Å². The topological polar surface area (TPSA) is 105 Å². The fraction of sp³-hybridized carbons (Fsp3) is 0.556. The van der Waals surface area contributed by atoms with Gasteiger partial charge in [0.25, 0.3) is 0 Å². The molecule has 188 valence electrons. The van der Waals surface area contributed by atoms with E-state index in [-0.39, 0.29) is 0 Å². The number of unbranched alkanes of at least 4 members (excludes halogenated alkanes) is 3. The third-order valence-electron chi connectivity index (χ3n) is 5.70. The zero-order valence-corrected chi connectivity index (χ0v) is 22.6. The standard InChI is InChI=1S/C27H37N5O2S/c1-7-8-9-10-13-32(18-27(5,6)34-17-20(3)33)22-11-12-24(19(2)14-22)30-31-26-23(15-28)21(4)25(16-29)35-26/h11-12,14,20,33H,7-10,13,17-18H2,1-6H3. The fourth-order valence-electron chi connectivity index (χ4n) is 3.74. The summed E-state index contributed by atoms with van der Waals surface area (Å²) in [6.45, 7) is 13.7. The predicted molar refractivity (Wildman–Crippen MR) is 142 cm³/mol. The van der Waals surface area contributed by atoms with Crippen LogP contribution in [-0.4, -0.2) is 36.5 Å². The number of hydrogen-bond donors (Lipinski definition) is 1. The first-order chi connectivity index (χ1) is 16.6. The van der Waals surface area contributed by atoms with Crippen LogP contribution in [0.2, 0.25) is 0 Å². The van der Waals surface area contributed by atoms with Crippen LogP contribution in [0.15, 0.2) is 28.4 Å². The van der Waals surface area contributed by atoms with Gasteiger partial charge >= 0.3 is 0 Å². The Morgan fingerprint density at radius 2 is 1.89 bits per heavy atom. The number of rotatable bonds is 13. The maximum atomic E-state index is 9.64. The summed E-state index contributed by atoms with van der Waals surface area (Å²) in [6, 6.07) is 10.3. The van der Waals surface area contributed by atoms with Crippen LogP contribution in [-0.2, 0) is 4.74 Å².